The van der Waals surface area contributed by atoms with Crippen LogP contribution in [-0.2, 0) is 13.1 Å². The van der Waals surface area contributed by atoms with Gasteiger partial charge in [-0.2, -0.15) is 0 Å². The first kappa shape index (κ1) is 19.4. The average molecular weight is 385 g/mol. The second-order valence-corrected chi connectivity index (χ2v) is 8.26. The van der Waals surface area contributed by atoms with E-state index in [2.05, 4.69) is 38.0 Å². The Labute approximate surface area is 167 Å². The molecule has 1 aromatic carbocycles. The van der Waals surface area contributed by atoms with Crippen LogP contribution in [-0.4, -0.2) is 59.5 Å². The van der Waals surface area contributed by atoms with Crippen molar-refractivity contribution in [3.05, 3.63) is 48.0 Å². The molecule has 28 heavy (non-hydrogen) atoms. The Morgan fingerprint density at radius 2 is 2.07 bits per heavy atom. The van der Waals surface area contributed by atoms with Crippen LogP contribution in [0.4, 0.5) is 0 Å². The maximum absolute atomic E-state index is 9.61. The summed E-state index contributed by atoms with van der Waals surface area (Å²) >= 11 is 0. The Balaban J connectivity index is 1.36. The van der Waals surface area contributed by atoms with Crippen molar-refractivity contribution in [2.45, 2.75) is 25.9 Å². The molecule has 4 rings (SSSR count). The Kier molecular flexibility index (Phi) is 6.29. The summed E-state index contributed by atoms with van der Waals surface area (Å²) in [4.78, 5) is 6.70. The number of nitrogens with zero attached hydrogens (tertiary/aromatic N) is 3. The number of methoxy groups -OCH3 is 1. The minimum Gasteiger partial charge on any atom is -0.496 e. The molecule has 6 nitrogen and oxygen atoms in total. The van der Waals surface area contributed by atoms with E-state index in [1.807, 2.05) is 18.7 Å². The summed E-state index contributed by atoms with van der Waals surface area (Å²) in [6.07, 6.45) is 8.10. The van der Waals surface area contributed by atoms with Gasteiger partial charge in [0.1, 0.15) is 5.75 Å². The number of benzene rings is 1. The van der Waals surface area contributed by atoms with Gasteiger partial charge in [-0.25, -0.2) is 4.98 Å². The summed E-state index contributed by atoms with van der Waals surface area (Å²) in [7, 11) is 1.73. The molecule has 2 fully saturated rings. The Hall–Kier alpha value is -1.89. The van der Waals surface area contributed by atoms with Crippen LogP contribution in [0.2, 0.25) is 0 Å². The van der Waals surface area contributed by atoms with Crippen molar-refractivity contribution in [2.24, 2.45) is 17.8 Å². The number of piperidine rings is 1. The number of aliphatic hydroxyl groups is 1. The van der Waals surface area contributed by atoms with Crippen LogP contribution >= 0.6 is 0 Å². The molecule has 0 radical (unpaired) electrons. The first-order valence-corrected chi connectivity index (χ1v) is 10.4. The second kappa shape index (κ2) is 9.07. The Morgan fingerprint density at radius 1 is 1.21 bits per heavy atom. The number of nitrogens with one attached hydrogen (secondary N) is 1. The molecule has 2 aliphatic rings. The molecular formula is C22H32N4O2. The first-order valence-electron chi connectivity index (χ1n) is 10.4. The van der Waals surface area contributed by atoms with Crippen molar-refractivity contribution in [3.63, 3.8) is 0 Å². The molecule has 2 aromatic rings. The molecule has 2 N–H and O–H groups in total. The molecule has 0 aliphatic carbocycles. The highest BCUT2D eigenvalue weighted by molar-refractivity contribution is 5.37. The molecule has 152 valence electrons. The van der Waals surface area contributed by atoms with Crippen molar-refractivity contribution in [3.8, 4) is 5.75 Å². The van der Waals surface area contributed by atoms with Gasteiger partial charge in [0.2, 0.25) is 0 Å². The second-order valence-electron chi connectivity index (χ2n) is 8.26. The lowest BCUT2D eigenvalue weighted by Gasteiger charge is -2.36. The number of rotatable bonds is 7. The Morgan fingerprint density at radius 3 is 2.79 bits per heavy atom. The zero-order chi connectivity index (χ0) is 19.3. The largest absolute Gasteiger partial charge is 0.496 e. The van der Waals surface area contributed by atoms with Crippen LogP contribution in [0.25, 0.3) is 0 Å². The molecule has 0 saturated carbocycles. The molecular weight excluding hydrogens is 352 g/mol. The van der Waals surface area contributed by atoms with E-state index in [1.54, 1.807) is 7.11 Å². The van der Waals surface area contributed by atoms with Crippen LogP contribution in [0.3, 0.4) is 0 Å². The van der Waals surface area contributed by atoms with E-state index in [0.717, 1.165) is 50.9 Å². The number of imidazole rings is 1. The maximum Gasteiger partial charge on any atom is 0.123 e. The monoisotopic (exact) mass is 384 g/mol. The normalized spacial score (nSPS) is 23.9. The number of likely N-dealkylation sites (tertiary alicyclic amines) is 1. The summed E-state index contributed by atoms with van der Waals surface area (Å²) in [6, 6.07) is 6.54. The number of hydrogen-bond donors (Lipinski definition) is 2. The molecule has 6 heteroatoms. The van der Waals surface area contributed by atoms with E-state index in [-0.39, 0.29) is 0 Å². The summed E-state index contributed by atoms with van der Waals surface area (Å²) < 4.78 is 7.63. The minimum atomic E-state index is 0.323. The van der Waals surface area contributed by atoms with E-state index in [0.29, 0.717) is 18.4 Å². The Bertz CT molecular complexity index is 741. The minimum absolute atomic E-state index is 0.323. The maximum atomic E-state index is 9.61. The third-order valence-corrected chi connectivity index (χ3v) is 6.53. The molecule has 0 spiro atoms. The van der Waals surface area contributed by atoms with Gasteiger partial charge in [-0.15, -0.1) is 0 Å². The molecule has 2 saturated heterocycles. The zero-order valence-electron chi connectivity index (χ0n) is 16.8. The zero-order valence-corrected chi connectivity index (χ0v) is 16.8. The lowest BCUT2D eigenvalue weighted by Crippen LogP contribution is -2.38. The summed E-state index contributed by atoms with van der Waals surface area (Å²) in [6.45, 7) is 6.42. The third kappa shape index (κ3) is 4.40. The molecule has 2 aliphatic heterocycles. The summed E-state index contributed by atoms with van der Waals surface area (Å²) in [5.74, 6) is 2.77. The van der Waals surface area contributed by atoms with Gasteiger partial charge in [-0.3, -0.25) is 4.90 Å². The summed E-state index contributed by atoms with van der Waals surface area (Å²) in [5, 5.41) is 13.1. The van der Waals surface area contributed by atoms with Crippen LogP contribution in [0.15, 0.2) is 36.9 Å². The van der Waals surface area contributed by atoms with Gasteiger partial charge >= 0.3 is 0 Å². The fourth-order valence-corrected chi connectivity index (χ4v) is 4.93. The molecule has 0 unspecified atom stereocenters. The van der Waals surface area contributed by atoms with E-state index >= 15 is 0 Å². The van der Waals surface area contributed by atoms with Crippen molar-refractivity contribution in [1.82, 2.24) is 19.8 Å². The van der Waals surface area contributed by atoms with Gasteiger partial charge in [0.25, 0.3) is 0 Å². The molecule has 0 amide bonds. The average Bonchev–Trinajstić information content (AvgIpc) is 3.40. The van der Waals surface area contributed by atoms with Gasteiger partial charge in [0.15, 0.2) is 0 Å². The number of ether oxygens (including phenoxy) is 1. The highest BCUT2D eigenvalue weighted by atomic mass is 16.5. The van der Waals surface area contributed by atoms with Crippen LogP contribution in [0, 0.1) is 17.8 Å². The lowest BCUT2D eigenvalue weighted by atomic mass is 9.79. The van der Waals surface area contributed by atoms with Crippen LogP contribution in [0.5, 0.6) is 5.75 Å². The fraction of sp³-hybridized carbons (Fsp3) is 0.591. The van der Waals surface area contributed by atoms with Gasteiger partial charge in [-0.05, 0) is 67.9 Å². The van der Waals surface area contributed by atoms with Gasteiger partial charge in [-0.1, -0.05) is 6.07 Å². The predicted molar refractivity (Wildman–Crippen MR) is 109 cm³/mol. The smallest absolute Gasteiger partial charge is 0.123 e. The predicted octanol–water partition coefficient (Wildman–Crippen LogP) is 1.98. The third-order valence-electron chi connectivity index (χ3n) is 6.53. The molecule has 2 atom stereocenters. The highest BCUT2D eigenvalue weighted by Gasteiger charge is 2.34. The number of aromatic nitrogens is 2. The van der Waals surface area contributed by atoms with E-state index in [4.69, 9.17) is 4.74 Å². The summed E-state index contributed by atoms with van der Waals surface area (Å²) in [5.41, 5.74) is 2.53. The van der Waals surface area contributed by atoms with Gasteiger partial charge in [0.05, 0.1) is 20.0 Å². The first-order chi connectivity index (χ1) is 13.8. The number of aliphatic hydroxyl groups excluding tert-OH is 1. The lowest BCUT2D eigenvalue weighted by molar-refractivity contribution is 0.108. The molecule has 1 aromatic heterocycles. The van der Waals surface area contributed by atoms with Crippen molar-refractivity contribution in [1.29, 1.82) is 0 Å². The standard InChI is InChI=1S/C22H32N4O2/c1-28-22-3-2-17(10-19(22)14-26-9-6-23-16-26)13-25-7-4-18(5-8-25)21-12-24-11-20(21)15-27/h2-3,6,9-10,16,18,20-21,24,27H,4-5,7-8,11-15H2,1H3/t20-,21-/m0/s1. The topological polar surface area (TPSA) is 62.6 Å². The van der Waals surface area contributed by atoms with Crippen molar-refractivity contribution < 1.29 is 9.84 Å². The van der Waals surface area contributed by atoms with Crippen LogP contribution < -0.4 is 10.1 Å². The fourth-order valence-electron chi connectivity index (χ4n) is 4.93. The SMILES string of the molecule is COc1ccc(CN2CCC([C@@H]3CNC[C@H]3CO)CC2)cc1Cn1ccnc1. The molecule has 0 bridgehead atoms. The molecule has 3 heterocycles. The van der Waals surface area contributed by atoms with E-state index in [9.17, 15) is 5.11 Å². The highest BCUT2D eigenvalue weighted by Crippen LogP contribution is 2.33. The van der Waals surface area contributed by atoms with Gasteiger partial charge in [0, 0.05) is 37.7 Å². The van der Waals surface area contributed by atoms with E-state index in [1.165, 1.54) is 24.0 Å². The van der Waals surface area contributed by atoms with Crippen molar-refractivity contribution >= 4 is 0 Å². The number of hydrogen-bond acceptors (Lipinski definition) is 5. The quantitative estimate of drug-likeness (QED) is 0.764. The van der Waals surface area contributed by atoms with E-state index < -0.39 is 0 Å². The van der Waals surface area contributed by atoms with Gasteiger partial charge < -0.3 is 19.7 Å². The van der Waals surface area contributed by atoms with Crippen LogP contribution in [0.1, 0.15) is 24.0 Å². The van der Waals surface area contributed by atoms with Crippen molar-refractivity contribution in [2.75, 3.05) is 39.9 Å².